The lowest BCUT2D eigenvalue weighted by Crippen LogP contribution is -2.26. The second kappa shape index (κ2) is 7.57. The van der Waals surface area contributed by atoms with Crippen LogP contribution in [0.5, 0.6) is 0 Å². The van der Waals surface area contributed by atoms with E-state index in [1.54, 1.807) is 18.2 Å². The molecule has 3 aromatic rings. The van der Waals surface area contributed by atoms with Crippen molar-refractivity contribution in [2.45, 2.75) is 18.9 Å². The maximum Gasteiger partial charge on any atom is 0.416 e. The van der Waals surface area contributed by atoms with Crippen LogP contribution in [0.4, 0.5) is 26.3 Å². The minimum atomic E-state index is -4.96. The number of carbonyl (C=O) groups excluding carboxylic acids is 1. The van der Waals surface area contributed by atoms with E-state index in [0.717, 1.165) is 0 Å². The number of amides is 1. The quantitative estimate of drug-likeness (QED) is 0.650. The molecule has 152 valence electrons. The molecule has 3 rings (SSSR count). The van der Waals surface area contributed by atoms with E-state index in [4.69, 9.17) is 0 Å². The summed E-state index contributed by atoms with van der Waals surface area (Å²) in [4.78, 5) is 16.4. The molecular formula is C18H12F6N4O. The van der Waals surface area contributed by atoms with E-state index in [1.807, 2.05) is 0 Å². The second-order valence-electron chi connectivity index (χ2n) is 5.91. The molecule has 2 heterocycles. The molecule has 0 aliphatic carbocycles. The van der Waals surface area contributed by atoms with Crippen molar-refractivity contribution in [3.63, 3.8) is 0 Å². The van der Waals surface area contributed by atoms with Gasteiger partial charge < -0.3 is 5.32 Å². The lowest BCUT2D eigenvalue weighted by Gasteiger charge is -2.14. The molecule has 0 unspecified atom stereocenters. The lowest BCUT2D eigenvalue weighted by molar-refractivity contribution is -0.143. The molecule has 0 radical (unpaired) electrons. The van der Waals surface area contributed by atoms with Crippen LogP contribution < -0.4 is 5.32 Å². The summed E-state index contributed by atoms with van der Waals surface area (Å²) in [5, 5.41) is 6.26. The van der Waals surface area contributed by atoms with Crippen LogP contribution in [0.15, 0.2) is 54.9 Å². The highest BCUT2D eigenvalue weighted by molar-refractivity contribution is 5.92. The third kappa shape index (κ3) is 4.73. The maximum absolute atomic E-state index is 12.9. The summed E-state index contributed by atoms with van der Waals surface area (Å²) >= 11 is 0. The number of hydrogen-bond donors (Lipinski definition) is 1. The van der Waals surface area contributed by atoms with Gasteiger partial charge in [0, 0.05) is 12.7 Å². The minimum absolute atomic E-state index is 0.0201. The molecular weight excluding hydrogens is 402 g/mol. The van der Waals surface area contributed by atoms with Crippen LogP contribution in [0.1, 0.15) is 27.2 Å². The summed E-state index contributed by atoms with van der Waals surface area (Å²) < 4.78 is 78.8. The number of pyridine rings is 1. The first kappa shape index (κ1) is 20.4. The zero-order valence-electron chi connectivity index (χ0n) is 14.4. The zero-order valence-corrected chi connectivity index (χ0v) is 14.4. The van der Waals surface area contributed by atoms with Gasteiger partial charge in [-0.15, -0.1) is 0 Å². The van der Waals surface area contributed by atoms with Crippen molar-refractivity contribution < 1.29 is 31.1 Å². The third-order valence-electron chi connectivity index (χ3n) is 3.84. The maximum atomic E-state index is 12.9. The van der Waals surface area contributed by atoms with E-state index in [2.05, 4.69) is 15.4 Å². The normalized spacial score (nSPS) is 12.1. The summed E-state index contributed by atoms with van der Waals surface area (Å²) in [6.45, 7) is -0.542. The second-order valence-corrected chi connectivity index (χ2v) is 5.91. The Kier molecular flexibility index (Phi) is 5.31. The Morgan fingerprint density at radius 2 is 1.59 bits per heavy atom. The summed E-state index contributed by atoms with van der Waals surface area (Å²) in [5.74, 6) is -0.416. The average molecular weight is 414 g/mol. The summed E-state index contributed by atoms with van der Waals surface area (Å²) in [6.07, 6.45) is -7.13. The standard InChI is InChI=1S/C18H12F6N4O/c19-17(20,21)12-7-11(8-13(9-12)18(22,23)24)10-26-16(29)14-4-6-27-28(14)15-3-1-2-5-25-15/h1-9H,10H2,(H,26,29). The fourth-order valence-corrected chi connectivity index (χ4v) is 2.53. The highest BCUT2D eigenvalue weighted by Crippen LogP contribution is 2.36. The van der Waals surface area contributed by atoms with Gasteiger partial charge in [0.1, 0.15) is 5.69 Å². The molecule has 0 saturated heterocycles. The van der Waals surface area contributed by atoms with Gasteiger partial charge in [-0.2, -0.15) is 31.4 Å². The van der Waals surface area contributed by atoms with Crippen molar-refractivity contribution in [2.24, 2.45) is 0 Å². The topological polar surface area (TPSA) is 59.8 Å². The number of alkyl halides is 6. The van der Waals surface area contributed by atoms with Gasteiger partial charge >= 0.3 is 12.4 Å². The van der Waals surface area contributed by atoms with E-state index in [-0.39, 0.29) is 17.3 Å². The first-order chi connectivity index (χ1) is 13.6. The number of hydrogen-bond acceptors (Lipinski definition) is 3. The zero-order chi connectivity index (χ0) is 21.2. The van der Waals surface area contributed by atoms with Crippen molar-refractivity contribution in [3.8, 4) is 5.82 Å². The van der Waals surface area contributed by atoms with Crippen LogP contribution >= 0.6 is 0 Å². The molecule has 0 saturated carbocycles. The van der Waals surface area contributed by atoms with Crippen molar-refractivity contribution in [2.75, 3.05) is 0 Å². The molecule has 0 fully saturated rings. The summed E-state index contributed by atoms with van der Waals surface area (Å²) in [6, 6.07) is 7.38. The number of rotatable bonds is 4. The fourth-order valence-electron chi connectivity index (χ4n) is 2.53. The SMILES string of the molecule is O=C(NCc1cc(C(F)(F)F)cc(C(F)(F)F)c1)c1ccnn1-c1ccccn1. The Morgan fingerprint density at radius 1 is 0.931 bits per heavy atom. The van der Waals surface area contributed by atoms with Crippen molar-refractivity contribution in [3.05, 3.63) is 77.2 Å². The summed E-state index contributed by atoms with van der Waals surface area (Å²) in [5.41, 5.74) is -3.22. The predicted octanol–water partition coefficient (Wildman–Crippen LogP) is 4.23. The molecule has 11 heteroatoms. The smallest absolute Gasteiger partial charge is 0.347 e. The molecule has 29 heavy (non-hydrogen) atoms. The van der Waals surface area contributed by atoms with Crippen LogP contribution in [0.3, 0.4) is 0 Å². The molecule has 0 bridgehead atoms. The van der Waals surface area contributed by atoms with Crippen LogP contribution in [-0.4, -0.2) is 20.7 Å². The van der Waals surface area contributed by atoms with E-state index in [1.165, 1.54) is 23.1 Å². The largest absolute Gasteiger partial charge is 0.416 e. The van der Waals surface area contributed by atoms with Gasteiger partial charge in [-0.25, -0.2) is 9.67 Å². The molecule has 0 atom stereocenters. The molecule has 1 amide bonds. The highest BCUT2D eigenvalue weighted by Gasteiger charge is 2.36. The predicted molar refractivity (Wildman–Crippen MR) is 89.0 cm³/mol. The van der Waals surface area contributed by atoms with Gasteiger partial charge in [0.15, 0.2) is 5.82 Å². The van der Waals surface area contributed by atoms with Gasteiger partial charge in [0.2, 0.25) is 0 Å². The molecule has 0 aliphatic rings. The van der Waals surface area contributed by atoms with Gasteiger partial charge in [0.05, 0.1) is 17.3 Å². The molecule has 2 aromatic heterocycles. The number of halogens is 6. The number of nitrogens with zero attached hydrogens (tertiary/aromatic N) is 3. The van der Waals surface area contributed by atoms with E-state index in [9.17, 15) is 31.1 Å². The molecule has 5 nitrogen and oxygen atoms in total. The van der Waals surface area contributed by atoms with Gasteiger partial charge in [-0.3, -0.25) is 4.79 Å². The Labute approximate surface area is 160 Å². The van der Waals surface area contributed by atoms with Crippen molar-refractivity contribution in [1.82, 2.24) is 20.1 Å². The van der Waals surface area contributed by atoms with Crippen LogP contribution in [0, 0.1) is 0 Å². The fraction of sp³-hybridized carbons (Fsp3) is 0.167. The molecule has 1 N–H and O–H groups in total. The van der Waals surface area contributed by atoms with Gasteiger partial charge in [-0.1, -0.05) is 6.07 Å². The van der Waals surface area contributed by atoms with E-state index < -0.39 is 35.9 Å². The number of benzene rings is 1. The van der Waals surface area contributed by atoms with E-state index >= 15 is 0 Å². The number of nitrogens with one attached hydrogen (secondary N) is 1. The van der Waals surface area contributed by atoms with Gasteiger partial charge in [-0.05, 0) is 42.0 Å². The van der Waals surface area contributed by atoms with E-state index in [0.29, 0.717) is 18.0 Å². The monoisotopic (exact) mass is 414 g/mol. The van der Waals surface area contributed by atoms with Gasteiger partial charge in [0.25, 0.3) is 5.91 Å². The summed E-state index contributed by atoms with van der Waals surface area (Å²) in [7, 11) is 0. The molecule has 0 aliphatic heterocycles. The Hall–Kier alpha value is -3.37. The van der Waals surface area contributed by atoms with Crippen molar-refractivity contribution >= 4 is 5.91 Å². The Morgan fingerprint density at radius 3 is 2.14 bits per heavy atom. The minimum Gasteiger partial charge on any atom is -0.347 e. The van der Waals surface area contributed by atoms with Crippen LogP contribution in [0.2, 0.25) is 0 Å². The molecule has 0 spiro atoms. The Balaban J connectivity index is 1.84. The van der Waals surface area contributed by atoms with Crippen molar-refractivity contribution in [1.29, 1.82) is 0 Å². The van der Waals surface area contributed by atoms with Crippen LogP contribution in [0.25, 0.3) is 5.82 Å². The first-order valence-corrected chi connectivity index (χ1v) is 8.08. The van der Waals surface area contributed by atoms with Crippen LogP contribution in [-0.2, 0) is 18.9 Å². The highest BCUT2D eigenvalue weighted by atomic mass is 19.4. The first-order valence-electron chi connectivity index (χ1n) is 8.08. The molecule has 1 aromatic carbocycles. The number of aromatic nitrogens is 3. The average Bonchev–Trinajstić information content (AvgIpc) is 3.15. The Bertz CT molecular complexity index is 979. The number of carbonyl (C=O) groups is 1. The lowest BCUT2D eigenvalue weighted by atomic mass is 10.0. The third-order valence-corrected chi connectivity index (χ3v) is 3.84.